The summed E-state index contributed by atoms with van der Waals surface area (Å²) < 4.78 is 6.00. The second-order valence-electron chi connectivity index (χ2n) is 6.15. The summed E-state index contributed by atoms with van der Waals surface area (Å²) in [6.45, 7) is 5.22. The molecule has 3 nitrogen and oxygen atoms in total. The van der Waals surface area contributed by atoms with Crippen LogP contribution in [0.4, 0.5) is 0 Å². The minimum Gasteiger partial charge on any atom is -0.377 e. The number of hydrogen-bond donors (Lipinski definition) is 2. The Morgan fingerprint density at radius 1 is 1.17 bits per heavy atom. The second kappa shape index (κ2) is 6.88. The molecule has 2 rings (SSSR count). The Morgan fingerprint density at radius 3 is 2.50 bits per heavy atom. The summed E-state index contributed by atoms with van der Waals surface area (Å²) in [5.41, 5.74) is 3.10. The molecular formula is C15H30N2O. The molecule has 18 heavy (non-hydrogen) atoms. The molecule has 0 saturated heterocycles. The Kier molecular flexibility index (Phi) is 5.46. The maximum atomic E-state index is 6.00. The van der Waals surface area contributed by atoms with Crippen molar-refractivity contribution in [2.75, 3.05) is 6.61 Å². The lowest BCUT2D eigenvalue weighted by atomic mass is 9.75. The number of ether oxygens (including phenoxy) is 1. The van der Waals surface area contributed by atoms with E-state index in [9.17, 15) is 0 Å². The minimum atomic E-state index is 0.348. The van der Waals surface area contributed by atoms with Gasteiger partial charge in [0.2, 0.25) is 0 Å². The Bertz CT molecular complexity index is 243. The van der Waals surface area contributed by atoms with Crippen LogP contribution in [0.5, 0.6) is 0 Å². The van der Waals surface area contributed by atoms with Gasteiger partial charge in [-0.15, -0.1) is 0 Å². The van der Waals surface area contributed by atoms with Gasteiger partial charge in [0.25, 0.3) is 0 Å². The first-order valence-electron chi connectivity index (χ1n) is 7.87. The standard InChI is InChI=1S/C15H30N2O/c1-3-11-6-5-7-13(10-11)14(17-16)15(18-4-2)12-8-9-12/h11-15,17H,3-10,16H2,1-2H3. The van der Waals surface area contributed by atoms with E-state index in [2.05, 4.69) is 19.3 Å². The first-order chi connectivity index (χ1) is 8.80. The molecule has 0 aromatic heterocycles. The zero-order valence-electron chi connectivity index (χ0n) is 12.0. The van der Waals surface area contributed by atoms with Crippen molar-refractivity contribution in [1.82, 2.24) is 5.43 Å². The van der Waals surface area contributed by atoms with Crippen LogP contribution in [-0.2, 0) is 4.74 Å². The first-order valence-corrected chi connectivity index (χ1v) is 7.87. The van der Waals surface area contributed by atoms with Crippen molar-refractivity contribution in [3.8, 4) is 0 Å². The summed E-state index contributed by atoms with van der Waals surface area (Å²) in [4.78, 5) is 0. The van der Waals surface area contributed by atoms with Gasteiger partial charge in [-0.05, 0) is 50.4 Å². The van der Waals surface area contributed by atoms with Crippen LogP contribution < -0.4 is 11.3 Å². The van der Waals surface area contributed by atoms with Crippen LogP contribution in [-0.4, -0.2) is 18.8 Å². The molecule has 3 heteroatoms. The Labute approximate surface area is 112 Å². The van der Waals surface area contributed by atoms with E-state index >= 15 is 0 Å². The van der Waals surface area contributed by atoms with Crippen molar-refractivity contribution in [1.29, 1.82) is 0 Å². The van der Waals surface area contributed by atoms with Gasteiger partial charge in [-0.1, -0.05) is 26.2 Å². The molecule has 2 aliphatic carbocycles. The number of nitrogens with one attached hydrogen (secondary N) is 1. The molecule has 4 unspecified atom stereocenters. The Balaban J connectivity index is 1.96. The molecule has 2 fully saturated rings. The molecule has 0 aliphatic heterocycles. The highest BCUT2D eigenvalue weighted by atomic mass is 16.5. The monoisotopic (exact) mass is 254 g/mol. The highest BCUT2D eigenvalue weighted by molar-refractivity contribution is 4.94. The van der Waals surface area contributed by atoms with E-state index in [-0.39, 0.29) is 0 Å². The lowest BCUT2D eigenvalue weighted by Crippen LogP contribution is -2.51. The largest absolute Gasteiger partial charge is 0.377 e. The number of nitrogens with two attached hydrogens (primary N) is 1. The second-order valence-corrected chi connectivity index (χ2v) is 6.15. The number of hydrogen-bond acceptors (Lipinski definition) is 3. The zero-order chi connectivity index (χ0) is 13.0. The van der Waals surface area contributed by atoms with Crippen LogP contribution >= 0.6 is 0 Å². The highest BCUT2D eigenvalue weighted by Gasteiger charge is 2.41. The lowest BCUT2D eigenvalue weighted by molar-refractivity contribution is -0.00631. The first kappa shape index (κ1) is 14.3. The van der Waals surface area contributed by atoms with Gasteiger partial charge in [-0.2, -0.15) is 0 Å². The van der Waals surface area contributed by atoms with E-state index in [0.717, 1.165) is 18.4 Å². The van der Waals surface area contributed by atoms with Gasteiger partial charge >= 0.3 is 0 Å². The minimum absolute atomic E-state index is 0.348. The molecular weight excluding hydrogens is 224 g/mol. The van der Waals surface area contributed by atoms with Crippen LogP contribution in [0.25, 0.3) is 0 Å². The van der Waals surface area contributed by atoms with Crippen LogP contribution in [0.15, 0.2) is 0 Å². The third kappa shape index (κ3) is 3.46. The molecule has 3 N–H and O–H groups in total. The van der Waals surface area contributed by atoms with E-state index < -0.39 is 0 Å². The molecule has 0 aromatic carbocycles. The van der Waals surface area contributed by atoms with Crippen molar-refractivity contribution < 1.29 is 4.74 Å². The summed E-state index contributed by atoms with van der Waals surface area (Å²) in [5, 5.41) is 0. The predicted octanol–water partition coefficient (Wildman–Crippen LogP) is 2.85. The zero-order valence-corrected chi connectivity index (χ0v) is 12.0. The summed E-state index contributed by atoms with van der Waals surface area (Å²) >= 11 is 0. The third-order valence-corrected chi connectivity index (χ3v) is 4.90. The smallest absolute Gasteiger partial charge is 0.0772 e. The van der Waals surface area contributed by atoms with Gasteiger partial charge in [0, 0.05) is 6.61 Å². The van der Waals surface area contributed by atoms with Crippen molar-refractivity contribution in [3.05, 3.63) is 0 Å². The quantitative estimate of drug-likeness (QED) is 0.542. The molecule has 0 aromatic rings. The van der Waals surface area contributed by atoms with Crippen molar-refractivity contribution >= 4 is 0 Å². The maximum Gasteiger partial charge on any atom is 0.0772 e. The van der Waals surface area contributed by atoms with Crippen molar-refractivity contribution in [3.63, 3.8) is 0 Å². The molecule has 0 heterocycles. The SMILES string of the molecule is CCOC(C1CC1)C(NN)C1CCCC(CC)C1. The van der Waals surface area contributed by atoms with Crippen LogP contribution in [0.3, 0.4) is 0 Å². The van der Waals surface area contributed by atoms with Gasteiger partial charge < -0.3 is 4.74 Å². The molecule has 0 radical (unpaired) electrons. The summed E-state index contributed by atoms with van der Waals surface area (Å²) in [6.07, 6.45) is 9.75. The summed E-state index contributed by atoms with van der Waals surface area (Å²) in [5.74, 6) is 8.23. The van der Waals surface area contributed by atoms with E-state index in [4.69, 9.17) is 10.6 Å². The van der Waals surface area contributed by atoms with E-state index in [1.807, 2.05) is 0 Å². The van der Waals surface area contributed by atoms with Gasteiger partial charge in [-0.3, -0.25) is 11.3 Å². The van der Waals surface area contributed by atoms with E-state index in [0.29, 0.717) is 18.1 Å². The number of rotatable bonds is 7. The Morgan fingerprint density at radius 2 is 1.94 bits per heavy atom. The fraction of sp³-hybridized carbons (Fsp3) is 1.00. The molecule has 0 spiro atoms. The van der Waals surface area contributed by atoms with Crippen molar-refractivity contribution in [2.24, 2.45) is 23.6 Å². The fourth-order valence-corrected chi connectivity index (χ4v) is 3.68. The summed E-state index contributed by atoms with van der Waals surface area (Å²) in [6, 6.07) is 0.367. The lowest BCUT2D eigenvalue weighted by Gasteiger charge is -2.38. The van der Waals surface area contributed by atoms with Crippen molar-refractivity contribution in [2.45, 2.75) is 70.9 Å². The Hall–Kier alpha value is -0.120. The van der Waals surface area contributed by atoms with Crippen LogP contribution in [0.1, 0.15) is 58.8 Å². The van der Waals surface area contributed by atoms with Crippen LogP contribution in [0, 0.1) is 17.8 Å². The number of hydrazine groups is 1. The van der Waals surface area contributed by atoms with Gasteiger partial charge in [-0.25, -0.2) is 0 Å². The van der Waals surface area contributed by atoms with Crippen LogP contribution in [0.2, 0.25) is 0 Å². The summed E-state index contributed by atoms with van der Waals surface area (Å²) in [7, 11) is 0. The highest BCUT2D eigenvalue weighted by Crippen LogP contribution is 2.41. The molecule has 2 aliphatic rings. The molecule has 0 bridgehead atoms. The average Bonchev–Trinajstić information content (AvgIpc) is 3.23. The normalized spacial score (nSPS) is 32.2. The van der Waals surface area contributed by atoms with Gasteiger partial charge in [0.1, 0.15) is 0 Å². The van der Waals surface area contributed by atoms with E-state index in [1.165, 1.54) is 44.9 Å². The van der Waals surface area contributed by atoms with E-state index in [1.54, 1.807) is 0 Å². The van der Waals surface area contributed by atoms with Gasteiger partial charge in [0.15, 0.2) is 0 Å². The topological polar surface area (TPSA) is 47.3 Å². The average molecular weight is 254 g/mol. The molecule has 2 saturated carbocycles. The van der Waals surface area contributed by atoms with Gasteiger partial charge in [0.05, 0.1) is 12.1 Å². The fourth-order valence-electron chi connectivity index (χ4n) is 3.68. The third-order valence-electron chi connectivity index (χ3n) is 4.90. The maximum absolute atomic E-state index is 6.00. The molecule has 4 atom stereocenters. The molecule has 0 amide bonds. The predicted molar refractivity (Wildman–Crippen MR) is 75.0 cm³/mol. The molecule has 106 valence electrons.